The highest BCUT2D eigenvalue weighted by atomic mass is 19.1. The SMILES string of the molecule is O=C(Cn1cccn1)N1CCCC[C@@H]1c1ncc(Cc2cccc(F)c2)o1. The summed E-state index contributed by atoms with van der Waals surface area (Å²) < 4.78 is 20.9. The largest absolute Gasteiger partial charge is 0.443 e. The van der Waals surface area contributed by atoms with Crippen molar-refractivity contribution in [2.45, 2.75) is 38.3 Å². The number of likely N-dealkylation sites (tertiary alicyclic amines) is 1. The molecule has 1 saturated heterocycles. The molecule has 140 valence electrons. The number of halogens is 1. The van der Waals surface area contributed by atoms with E-state index in [1.54, 1.807) is 35.4 Å². The molecule has 0 radical (unpaired) electrons. The molecule has 1 aliphatic rings. The molecule has 27 heavy (non-hydrogen) atoms. The number of rotatable bonds is 5. The predicted octanol–water partition coefficient (Wildman–Crippen LogP) is 3.35. The summed E-state index contributed by atoms with van der Waals surface area (Å²) in [6.07, 6.45) is 8.40. The number of hydrogen-bond acceptors (Lipinski definition) is 4. The first-order valence-electron chi connectivity index (χ1n) is 9.15. The van der Waals surface area contributed by atoms with Crippen LogP contribution in [0.15, 0.2) is 53.3 Å². The molecule has 1 fully saturated rings. The highest BCUT2D eigenvalue weighted by Gasteiger charge is 2.31. The molecule has 2 aromatic heterocycles. The zero-order valence-corrected chi connectivity index (χ0v) is 14.9. The molecule has 1 amide bonds. The van der Waals surface area contributed by atoms with Gasteiger partial charge in [0.1, 0.15) is 24.2 Å². The Bertz CT molecular complexity index is 906. The Kier molecular flexibility index (Phi) is 5.00. The molecule has 0 bridgehead atoms. The Morgan fingerprint density at radius 2 is 2.22 bits per heavy atom. The van der Waals surface area contributed by atoms with E-state index in [0.717, 1.165) is 24.8 Å². The summed E-state index contributed by atoms with van der Waals surface area (Å²) >= 11 is 0. The summed E-state index contributed by atoms with van der Waals surface area (Å²) in [5.74, 6) is 0.957. The molecule has 7 heteroatoms. The Labute approximate surface area is 156 Å². The van der Waals surface area contributed by atoms with Gasteiger partial charge < -0.3 is 9.32 Å². The summed E-state index contributed by atoms with van der Waals surface area (Å²) in [5.41, 5.74) is 0.827. The lowest BCUT2D eigenvalue weighted by Gasteiger charge is -2.33. The Balaban J connectivity index is 1.48. The van der Waals surface area contributed by atoms with Crippen LogP contribution in [-0.2, 0) is 17.8 Å². The number of benzene rings is 1. The molecule has 3 aromatic rings. The van der Waals surface area contributed by atoms with Crippen LogP contribution < -0.4 is 0 Å². The van der Waals surface area contributed by atoms with Gasteiger partial charge in [0.2, 0.25) is 11.8 Å². The number of piperidine rings is 1. The maximum Gasteiger partial charge on any atom is 0.244 e. The third-order valence-electron chi connectivity index (χ3n) is 4.80. The highest BCUT2D eigenvalue weighted by molar-refractivity contribution is 5.76. The fraction of sp³-hybridized carbons (Fsp3) is 0.350. The van der Waals surface area contributed by atoms with Gasteiger partial charge in [-0.15, -0.1) is 0 Å². The molecule has 6 nitrogen and oxygen atoms in total. The van der Waals surface area contributed by atoms with Gasteiger partial charge in [0.25, 0.3) is 0 Å². The summed E-state index contributed by atoms with van der Waals surface area (Å²) in [6.45, 7) is 0.896. The summed E-state index contributed by atoms with van der Waals surface area (Å²) in [7, 11) is 0. The van der Waals surface area contributed by atoms with Crippen LogP contribution in [0.5, 0.6) is 0 Å². The fourth-order valence-corrected chi connectivity index (χ4v) is 3.52. The van der Waals surface area contributed by atoms with Crippen molar-refractivity contribution in [3.63, 3.8) is 0 Å². The molecular weight excluding hydrogens is 347 g/mol. The van der Waals surface area contributed by atoms with Gasteiger partial charge in [-0.3, -0.25) is 9.48 Å². The van der Waals surface area contributed by atoms with Crippen molar-refractivity contribution in [2.24, 2.45) is 0 Å². The van der Waals surface area contributed by atoms with E-state index in [4.69, 9.17) is 4.42 Å². The van der Waals surface area contributed by atoms with Crippen LogP contribution in [-0.4, -0.2) is 32.1 Å². The third kappa shape index (κ3) is 4.07. The number of aromatic nitrogens is 3. The molecule has 1 atom stereocenters. The number of nitrogens with zero attached hydrogens (tertiary/aromatic N) is 4. The molecule has 3 heterocycles. The minimum atomic E-state index is -0.269. The van der Waals surface area contributed by atoms with Gasteiger partial charge in [0.05, 0.1) is 6.20 Å². The minimum absolute atomic E-state index is 0.00767. The normalized spacial score (nSPS) is 17.2. The first-order valence-corrected chi connectivity index (χ1v) is 9.15. The van der Waals surface area contributed by atoms with Crippen molar-refractivity contribution in [3.05, 3.63) is 72.0 Å². The lowest BCUT2D eigenvalue weighted by Crippen LogP contribution is -2.40. The van der Waals surface area contributed by atoms with Crippen LogP contribution >= 0.6 is 0 Å². The molecule has 0 aliphatic carbocycles. The van der Waals surface area contributed by atoms with Crippen molar-refractivity contribution in [1.82, 2.24) is 19.7 Å². The van der Waals surface area contributed by atoms with Crippen molar-refractivity contribution >= 4 is 5.91 Å². The molecule has 0 saturated carbocycles. The minimum Gasteiger partial charge on any atom is -0.443 e. The molecule has 0 unspecified atom stereocenters. The fourth-order valence-electron chi connectivity index (χ4n) is 3.52. The van der Waals surface area contributed by atoms with E-state index in [1.165, 1.54) is 12.1 Å². The summed E-state index contributed by atoms with van der Waals surface area (Å²) in [5, 5.41) is 4.11. The Morgan fingerprint density at radius 3 is 3.04 bits per heavy atom. The van der Waals surface area contributed by atoms with Crippen molar-refractivity contribution < 1.29 is 13.6 Å². The van der Waals surface area contributed by atoms with Crippen LogP contribution in [0.2, 0.25) is 0 Å². The number of hydrogen-bond donors (Lipinski definition) is 0. The standard InChI is InChI=1S/C20H21FN4O2/c21-16-6-3-5-15(11-16)12-17-13-22-20(27-17)18-7-1-2-10-25(18)19(26)14-24-9-4-8-23-24/h3-6,8-9,11,13,18H,1-2,7,10,12,14H2/t18-/m1/s1. The van der Waals surface area contributed by atoms with Crippen molar-refractivity contribution in [2.75, 3.05) is 6.54 Å². The number of oxazole rings is 1. The van der Waals surface area contributed by atoms with Gasteiger partial charge in [0, 0.05) is 25.4 Å². The zero-order valence-electron chi connectivity index (χ0n) is 14.9. The quantitative estimate of drug-likeness (QED) is 0.693. The smallest absolute Gasteiger partial charge is 0.244 e. The van der Waals surface area contributed by atoms with E-state index in [9.17, 15) is 9.18 Å². The Morgan fingerprint density at radius 1 is 1.30 bits per heavy atom. The van der Waals surface area contributed by atoms with Gasteiger partial charge in [-0.25, -0.2) is 9.37 Å². The van der Waals surface area contributed by atoms with Gasteiger partial charge in [-0.05, 0) is 43.0 Å². The summed E-state index contributed by atoms with van der Waals surface area (Å²) in [4.78, 5) is 19.0. The van der Waals surface area contributed by atoms with Crippen LogP contribution in [0.25, 0.3) is 0 Å². The maximum atomic E-state index is 13.4. The second-order valence-electron chi connectivity index (χ2n) is 6.77. The lowest BCUT2D eigenvalue weighted by molar-refractivity contribution is -0.136. The zero-order chi connectivity index (χ0) is 18.6. The Hall–Kier alpha value is -2.96. The molecule has 1 aromatic carbocycles. The van der Waals surface area contributed by atoms with Crippen LogP contribution in [0.4, 0.5) is 4.39 Å². The van der Waals surface area contributed by atoms with Crippen molar-refractivity contribution in [3.8, 4) is 0 Å². The number of amides is 1. The van der Waals surface area contributed by atoms with E-state index in [2.05, 4.69) is 10.1 Å². The van der Waals surface area contributed by atoms with Crippen LogP contribution in [0.3, 0.4) is 0 Å². The van der Waals surface area contributed by atoms with Gasteiger partial charge >= 0.3 is 0 Å². The van der Waals surface area contributed by atoms with E-state index in [0.29, 0.717) is 24.6 Å². The second kappa shape index (κ2) is 7.73. The van der Waals surface area contributed by atoms with E-state index in [1.807, 2.05) is 11.0 Å². The first-order chi connectivity index (χ1) is 13.2. The van der Waals surface area contributed by atoms with E-state index >= 15 is 0 Å². The predicted molar refractivity (Wildman–Crippen MR) is 96.2 cm³/mol. The van der Waals surface area contributed by atoms with E-state index < -0.39 is 0 Å². The van der Waals surface area contributed by atoms with Crippen LogP contribution in [0, 0.1) is 5.82 Å². The molecule has 1 aliphatic heterocycles. The lowest BCUT2D eigenvalue weighted by atomic mass is 10.0. The van der Waals surface area contributed by atoms with Crippen molar-refractivity contribution in [1.29, 1.82) is 0 Å². The topological polar surface area (TPSA) is 64.2 Å². The molecule has 4 rings (SSSR count). The number of carbonyl (C=O) groups is 1. The van der Waals surface area contributed by atoms with E-state index in [-0.39, 0.29) is 24.3 Å². The molecule has 0 spiro atoms. The number of carbonyl (C=O) groups excluding carboxylic acids is 1. The maximum absolute atomic E-state index is 13.4. The molecular formula is C20H21FN4O2. The van der Waals surface area contributed by atoms with Gasteiger partial charge in [-0.2, -0.15) is 5.10 Å². The van der Waals surface area contributed by atoms with Gasteiger partial charge in [-0.1, -0.05) is 12.1 Å². The highest BCUT2D eigenvalue weighted by Crippen LogP contribution is 2.31. The average Bonchev–Trinajstić information content (AvgIpc) is 3.34. The van der Waals surface area contributed by atoms with Gasteiger partial charge in [0.15, 0.2) is 0 Å². The third-order valence-corrected chi connectivity index (χ3v) is 4.80. The monoisotopic (exact) mass is 368 g/mol. The molecule has 0 N–H and O–H groups in total. The average molecular weight is 368 g/mol. The first kappa shape index (κ1) is 17.5. The second-order valence-corrected chi connectivity index (χ2v) is 6.77. The van der Waals surface area contributed by atoms with Crippen LogP contribution in [0.1, 0.15) is 42.5 Å². The summed E-state index contributed by atoms with van der Waals surface area (Å²) in [6, 6.07) is 8.07.